The molecule has 2 atom stereocenters. The van der Waals surface area contributed by atoms with Gasteiger partial charge in [-0.25, -0.2) is 4.39 Å². The smallest absolute Gasteiger partial charge is 0.135 e. The molecule has 5 heteroatoms. The van der Waals surface area contributed by atoms with Gasteiger partial charge in [0.1, 0.15) is 10.8 Å². The number of hydrogen-bond acceptors (Lipinski definition) is 3. The van der Waals surface area contributed by atoms with Crippen molar-refractivity contribution in [1.29, 1.82) is 0 Å². The predicted molar refractivity (Wildman–Crippen MR) is 69.7 cm³/mol. The normalized spacial score (nSPS) is 23.6. The van der Waals surface area contributed by atoms with Crippen LogP contribution in [0.2, 0.25) is 0 Å². The topological polar surface area (TPSA) is 47.3 Å². The second-order valence-electron chi connectivity index (χ2n) is 4.14. The zero-order chi connectivity index (χ0) is 12.4. The summed E-state index contributed by atoms with van der Waals surface area (Å²) in [5.74, 6) is -0.394. The maximum atomic E-state index is 13.6. The molecular formula is C12H15FN2OS. The van der Waals surface area contributed by atoms with Crippen molar-refractivity contribution in [2.24, 2.45) is 5.73 Å². The molecule has 0 spiro atoms. The van der Waals surface area contributed by atoms with E-state index in [-0.39, 0.29) is 22.7 Å². The van der Waals surface area contributed by atoms with Gasteiger partial charge in [-0.1, -0.05) is 18.3 Å². The number of benzene rings is 1. The number of thiocarbonyl (C=S) groups is 1. The average Bonchev–Trinajstić information content (AvgIpc) is 2.64. The molecule has 1 heterocycles. The van der Waals surface area contributed by atoms with Gasteiger partial charge in [0.05, 0.1) is 17.7 Å². The Bertz CT molecular complexity index is 439. The Morgan fingerprint density at radius 1 is 1.59 bits per heavy atom. The van der Waals surface area contributed by atoms with Crippen molar-refractivity contribution in [3.8, 4) is 0 Å². The number of hydrogen-bond donors (Lipinski definition) is 2. The highest BCUT2D eigenvalue weighted by Crippen LogP contribution is 2.23. The van der Waals surface area contributed by atoms with E-state index in [2.05, 4.69) is 5.32 Å². The van der Waals surface area contributed by atoms with Crippen LogP contribution in [0.15, 0.2) is 18.2 Å². The summed E-state index contributed by atoms with van der Waals surface area (Å²) >= 11 is 4.87. The summed E-state index contributed by atoms with van der Waals surface area (Å²) in [5.41, 5.74) is 6.46. The second-order valence-corrected chi connectivity index (χ2v) is 4.58. The summed E-state index contributed by atoms with van der Waals surface area (Å²) in [6, 6.07) is 4.95. The molecule has 1 saturated heterocycles. The van der Waals surface area contributed by atoms with Crippen LogP contribution in [-0.2, 0) is 4.74 Å². The molecule has 2 unspecified atom stereocenters. The monoisotopic (exact) mass is 254 g/mol. The van der Waals surface area contributed by atoms with Gasteiger partial charge in [-0.3, -0.25) is 0 Å². The van der Waals surface area contributed by atoms with Gasteiger partial charge in [0, 0.05) is 12.3 Å². The van der Waals surface area contributed by atoms with Gasteiger partial charge >= 0.3 is 0 Å². The van der Waals surface area contributed by atoms with Gasteiger partial charge < -0.3 is 15.8 Å². The van der Waals surface area contributed by atoms with Crippen LogP contribution in [0.25, 0.3) is 0 Å². The van der Waals surface area contributed by atoms with Gasteiger partial charge in [-0.15, -0.1) is 0 Å². The maximum Gasteiger partial charge on any atom is 0.135 e. The van der Waals surface area contributed by atoms with E-state index in [4.69, 9.17) is 22.7 Å². The van der Waals surface area contributed by atoms with E-state index in [0.717, 1.165) is 13.0 Å². The van der Waals surface area contributed by atoms with Gasteiger partial charge in [0.2, 0.25) is 0 Å². The first-order valence-corrected chi connectivity index (χ1v) is 5.97. The SMILES string of the molecule is CC1OCCC1Nc1cccc(F)c1C(N)=S. The lowest BCUT2D eigenvalue weighted by atomic mass is 10.1. The highest BCUT2D eigenvalue weighted by molar-refractivity contribution is 7.80. The van der Waals surface area contributed by atoms with Crippen LogP contribution < -0.4 is 11.1 Å². The molecule has 1 aromatic carbocycles. The van der Waals surface area contributed by atoms with Crippen molar-refractivity contribution >= 4 is 22.9 Å². The average molecular weight is 254 g/mol. The fraction of sp³-hybridized carbons (Fsp3) is 0.417. The fourth-order valence-corrected chi connectivity index (χ4v) is 2.22. The fourth-order valence-electron chi connectivity index (χ4n) is 2.02. The van der Waals surface area contributed by atoms with E-state index in [1.54, 1.807) is 12.1 Å². The minimum absolute atomic E-state index is 0.0668. The largest absolute Gasteiger partial charge is 0.389 e. The summed E-state index contributed by atoms with van der Waals surface area (Å²) in [7, 11) is 0. The molecular weight excluding hydrogens is 239 g/mol. The van der Waals surface area contributed by atoms with Crippen LogP contribution in [0.4, 0.5) is 10.1 Å². The first-order valence-electron chi connectivity index (χ1n) is 5.56. The lowest BCUT2D eigenvalue weighted by Crippen LogP contribution is -2.28. The summed E-state index contributed by atoms with van der Waals surface area (Å²) < 4.78 is 19.1. The minimum Gasteiger partial charge on any atom is -0.389 e. The van der Waals surface area contributed by atoms with Gasteiger partial charge in [-0.2, -0.15) is 0 Å². The standard InChI is InChI=1S/C12H15FN2OS/c1-7-9(5-6-16-7)15-10-4-2-3-8(13)11(10)12(14)17/h2-4,7,9,15H,5-6H2,1H3,(H2,14,17). The Balaban J connectivity index is 2.26. The molecule has 1 aromatic rings. The molecule has 1 aliphatic heterocycles. The first kappa shape index (κ1) is 12.3. The number of rotatable bonds is 3. The molecule has 1 fully saturated rings. The van der Waals surface area contributed by atoms with E-state index >= 15 is 0 Å². The molecule has 92 valence electrons. The van der Waals surface area contributed by atoms with E-state index in [1.807, 2.05) is 6.92 Å². The Kier molecular flexibility index (Phi) is 3.59. The summed E-state index contributed by atoms with van der Waals surface area (Å²) in [5, 5.41) is 3.25. The van der Waals surface area contributed by atoms with Crippen molar-refractivity contribution in [3.63, 3.8) is 0 Å². The zero-order valence-corrected chi connectivity index (χ0v) is 10.4. The molecule has 0 radical (unpaired) electrons. The summed E-state index contributed by atoms with van der Waals surface area (Å²) in [6.07, 6.45) is 1.01. The molecule has 0 saturated carbocycles. The first-order chi connectivity index (χ1) is 8.09. The summed E-state index contributed by atoms with van der Waals surface area (Å²) in [6.45, 7) is 2.71. The molecule has 17 heavy (non-hydrogen) atoms. The second kappa shape index (κ2) is 4.98. The van der Waals surface area contributed by atoms with Crippen LogP contribution in [0, 0.1) is 5.82 Å². The third-order valence-corrected chi connectivity index (χ3v) is 3.18. The van der Waals surface area contributed by atoms with Crippen LogP contribution in [0.3, 0.4) is 0 Å². The highest BCUT2D eigenvalue weighted by atomic mass is 32.1. The number of anilines is 1. The van der Waals surface area contributed by atoms with Gasteiger partial charge in [-0.05, 0) is 25.5 Å². The molecule has 2 rings (SSSR count). The zero-order valence-electron chi connectivity index (χ0n) is 9.57. The number of halogens is 1. The summed E-state index contributed by atoms with van der Waals surface area (Å²) in [4.78, 5) is 0.0668. The Morgan fingerprint density at radius 2 is 2.35 bits per heavy atom. The molecule has 0 aliphatic carbocycles. The molecule has 0 amide bonds. The Labute approximate surface area is 105 Å². The van der Waals surface area contributed by atoms with Crippen molar-refractivity contribution in [2.45, 2.75) is 25.5 Å². The Hall–Kier alpha value is -1.20. The van der Waals surface area contributed by atoms with E-state index in [1.165, 1.54) is 6.07 Å². The quantitative estimate of drug-likeness (QED) is 0.810. The molecule has 1 aliphatic rings. The lowest BCUT2D eigenvalue weighted by molar-refractivity contribution is 0.121. The molecule has 3 nitrogen and oxygen atoms in total. The van der Waals surface area contributed by atoms with E-state index in [9.17, 15) is 4.39 Å². The van der Waals surface area contributed by atoms with E-state index in [0.29, 0.717) is 5.69 Å². The van der Waals surface area contributed by atoms with Crippen LogP contribution in [-0.4, -0.2) is 23.7 Å². The third kappa shape index (κ3) is 2.56. The molecule has 0 aromatic heterocycles. The number of nitrogens with two attached hydrogens (primary N) is 1. The van der Waals surface area contributed by atoms with Gasteiger partial charge in [0.15, 0.2) is 0 Å². The molecule has 3 N–H and O–H groups in total. The van der Waals surface area contributed by atoms with Crippen molar-refractivity contribution < 1.29 is 9.13 Å². The van der Waals surface area contributed by atoms with Crippen LogP contribution in [0.1, 0.15) is 18.9 Å². The Morgan fingerprint density at radius 3 is 2.94 bits per heavy atom. The van der Waals surface area contributed by atoms with E-state index < -0.39 is 5.82 Å². The highest BCUT2D eigenvalue weighted by Gasteiger charge is 2.25. The van der Waals surface area contributed by atoms with Crippen molar-refractivity contribution in [3.05, 3.63) is 29.6 Å². The van der Waals surface area contributed by atoms with Crippen LogP contribution >= 0.6 is 12.2 Å². The van der Waals surface area contributed by atoms with Crippen LogP contribution in [0.5, 0.6) is 0 Å². The van der Waals surface area contributed by atoms with Crippen molar-refractivity contribution in [2.75, 3.05) is 11.9 Å². The van der Waals surface area contributed by atoms with Gasteiger partial charge in [0.25, 0.3) is 0 Å². The lowest BCUT2D eigenvalue weighted by Gasteiger charge is -2.19. The number of ether oxygens (including phenoxy) is 1. The third-order valence-electron chi connectivity index (χ3n) is 2.98. The maximum absolute atomic E-state index is 13.6. The predicted octanol–water partition coefficient (Wildman–Crippen LogP) is 2.05. The molecule has 0 bridgehead atoms. The van der Waals surface area contributed by atoms with Crippen molar-refractivity contribution in [1.82, 2.24) is 0 Å². The number of nitrogens with one attached hydrogen (secondary N) is 1. The minimum atomic E-state index is -0.394.